The lowest BCUT2D eigenvalue weighted by Gasteiger charge is -2.05. The molecule has 0 saturated carbocycles. The highest BCUT2D eigenvalue weighted by Gasteiger charge is 2.12. The first kappa shape index (κ1) is 14.8. The van der Waals surface area contributed by atoms with Crippen molar-refractivity contribution in [1.82, 2.24) is 10.1 Å². The Morgan fingerprint density at radius 1 is 1.24 bits per heavy atom. The van der Waals surface area contributed by atoms with E-state index >= 15 is 0 Å². The van der Waals surface area contributed by atoms with Crippen LogP contribution in [0.15, 0.2) is 22.7 Å². The summed E-state index contributed by atoms with van der Waals surface area (Å²) in [5, 5.41) is 12.5. The van der Waals surface area contributed by atoms with Crippen LogP contribution in [0.1, 0.15) is 18.7 Å². The van der Waals surface area contributed by atoms with Crippen molar-refractivity contribution >= 4 is 5.97 Å². The number of aromatic nitrogens is 2. The molecule has 1 aromatic carbocycles. The van der Waals surface area contributed by atoms with Gasteiger partial charge in [-0.05, 0) is 18.6 Å². The van der Waals surface area contributed by atoms with Crippen molar-refractivity contribution in [3.8, 4) is 22.9 Å². The van der Waals surface area contributed by atoms with Crippen LogP contribution in [0.3, 0.4) is 0 Å². The molecule has 112 valence electrons. The number of carbonyl (C=O) groups is 1. The van der Waals surface area contributed by atoms with Crippen molar-refractivity contribution in [1.29, 1.82) is 0 Å². The van der Waals surface area contributed by atoms with Gasteiger partial charge in [-0.2, -0.15) is 4.98 Å². The van der Waals surface area contributed by atoms with Crippen molar-refractivity contribution in [3.05, 3.63) is 24.1 Å². The van der Waals surface area contributed by atoms with Gasteiger partial charge in [-0.25, -0.2) is 0 Å². The molecule has 7 nitrogen and oxygen atoms in total. The Bertz CT molecular complexity index is 601. The number of methoxy groups -OCH3 is 2. The van der Waals surface area contributed by atoms with Crippen LogP contribution in [-0.4, -0.2) is 35.4 Å². The van der Waals surface area contributed by atoms with Crippen LogP contribution in [0.4, 0.5) is 0 Å². The van der Waals surface area contributed by atoms with Crippen molar-refractivity contribution in [2.75, 3.05) is 14.2 Å². The fourth-order valence-corrected chi connectivity index (χ4v) is 1.80. The normalized spacial score (nSPS) is 10.4. The number of hydrogen-bond donors (Lipinski definition) is 1. The van der Waals surface area contributed by atoms with E-state index in [2.05, 4.69) is 10.1 Å². The first-order chi connectivity index (χ1) is 10.1. The third kappa shape index (κ3) is 3.95. The second-order valence-corrected chi connectivity index (χ2v) is 4.36. The molecule has 1 heterocycles. The predicted octanol–water partition coefficient (Wildman–Crippen LogP) is 2.16. The highest BCUT2D eigenvalue weighted by atomic mass is 16.5. The van der Waals surface area contributed by atoms with Crippen LogP contribution in [0.5, 0.6) is 11.5 Å². The summed E-state index contributed by atoms with van der Waals surface area (Å²) in [7, 11) is 3.12. The number of carboxylic acids is 1. The van der Waals surface area contributed by atoms with E-state index in [1.54, 1.807) is 32.4 Å². The number of aliphatic carboxylic acids is 1. The zero-order valence-corrected chi connectivity index (χ0v) is 11.8. The zero-order valence-electron chi connectivity index (χ0n) is 11.8. The van der Waals surface area contributed by atoms with E-state index in [0.29, 0.717) is 41.6 Å². The molecule has 0 aliphatic carbocycles. The molecular weight excluding hydrogens is 276 g/mol. The molecule has 2 rings (SSSR count). The maximum Gasteiger partial charge on any atom is 0.303 e. The smallest absolute Gasteiger partial charge is 0.303 e. The molecule has 0 aliphatic rings. The van der Waals surface area contributed by atoms with Gasteiger partial charge in [0.2, 0.25) is 11.7 Å². The maximum absolute atomic E-state index is 10.5. The fourth-order valence-electron chi connectivity index (χ4n) is 1.80. The van der Waals surface area contributed by atoms with E-state index in [0.717, 1.165) is 0 Å². The van der Waals surface area contributed by atoms with Crippen LogP contribution in [0, 0.1) is 0 Å². The summed E-state index contributed by atoms with van der Waals surface area (Å²) in [5.74, 6) is 1.24. The molecule has 0 radical (unpaired) electrons. The van der Waals surface area contributed by atoms with Gasteiger partial charge in [-0.15, -0.1) is 0 Å². The lowest BCUT2D eigenvalue weighted by molar-refractivity contribution is -0.137. The summed E-state index contributed by atoms with van der Waals surface area (Å²) >= 11 is 0. The quantitative estimate of drug-likeness (QED) is 0.835. The predicted molar refractivity (Wildman–Crippen MR) is 73.4 cm³/mol. The number of ether oxygens (including phenoxy) is 2. The molecule has 0 bridgehead atoms. The van der Waals surface area contributed by atoms with E-state index in [1.165, 1.54) is 0 Å². The number of aryl methyl sites for hydroxylation is 1. The standard InChI is InChI=1S/C14H16N2O5/c1-19-10-6-9(7-11(8-10)20-2)14-15-12(21-16-14)4-3-5-13(17)18/h6-8H,3-5H2,1-2H3,(H,17,18). The molecule has 0 amide bonds. The highest BCUT2D eigenvalue weighted by molar-refractivity contribution is 5.66. The fraction of sp³-hybridized carbons (Fsp3) is 0.357. The average molecular weight is 292 g/mol. The van der Waals surface area contributed by atoms with Gasteiger partial charge in [0.25, 0.3) is 0 Å². The molecule has 0 aliphatic heterocycles. The number of carboxylic acid groups (broad SMARTS) is 1. The molecule has 0 fully saturated rings. The maximum atomic E-state index is 10.5. The molecule has 2 aromatic rings. The van der Waals surface area contributed by atoms with E-state index in [4.69, 9.17) is 19.1 Å². The summed E-state index contributed by atoms with van der Waals surface area (Å²) in [4.78, 5) is 14.7. The highest BCUT2D eigenvalue weighted by Crippen LogP contribution is 2.28. The van der Waals surface area contributed by atoms with Crippen LogP contribution < -0.4 is 9.47 Å². The first-order valence-electron chi connectivity index (χ1n) is 6.40. The zero-order chi connectivity index (χ0) is 15.2. The van der Waals surface area contributed by atoms with E-state index in [1.807, 2.05) is 0 Å². The van der Waals surface area contributed by atoms with Gasteiger partial charge in [0.05, 0.1) is 14.2 Å². The van der Waals surface area contributed by atoms with Gasteiger partial charge in [-0.1, -0.05) is 5.16 Å². The molecule has 0 atom stereocenters. The van der Waals surface area contributed by atoms with Crippen LogP contribution in [-0.2, 0) is 11.2 Å². The van der Waals surface area contributed by atoms with Crippen LogP contribution in [0.2, 0.25) is 0 Å². The summed E-state index contributed by atoms with van der Waals surface area (Å²) in [5.41, 5.74) is 0.708. The van der Waals surface area contributed by atoms with Gasteiger partial charge >= 0.3 is 5.97 Å². The average Bonchev–Trinajstić information content (AvgIpc) is 2.95. The molecular formula is C14H16N2O5. The minimum Gasteiger partial charge on any atom is -0.497 e. The second kappa shape index (κ2) is 6.74. The van der Waals surface area contributed by atoms with Crippen molar-refractivity contribution in [3.63, 3.8) is 0 Å². The lowest BCUT2D eigenvalue weighted by Crippen LogP contribution is -1.96. The van der Waals surface area contributed by atoms with Crippen LogP contribution in [0.25, 0.3) is 11.4 Å². The number of rotatable bonds is 7. The molecule has 0 unspecified atom stereocenters. The Kier molecular flexibility index (Phi) is 4.76. The second-order valence-electron chi connectivity index (χ2n) is 4.36. The molecule has 1 N–H and O–H groups in total. The summed E-state index contributed by atoms with van der Waals surface area (Å²) in [6.07, 6.45) is 0.962. The molecule has 7 heteroatoms. The minimum absolute atomic E-state index is 0.0741. The minimum atomic E-state index is -0.840. The topological polar surface area (TPSA) is 94.7 Å². The summed E-state index contributed by atoms with van der Waals surface area (Å²) < 4.78 is 15.5. The van der Waals surface area contributed by atoms with Gasteiger partial charge < -0.3 is 19.1 Å². The number of nitrogens with zero attached hydrogens (tertiary/aromatic N) is 2. The Morgan fingerprint density at radius 2 is 1.90 bits per heavy atom. The monoisotopic (exact) mass is 292 g/mol. The van der Waals surface area contributed by atoms with Crippen molar-refractivity contribution < 1.29 is 23.9 Å². The summed E-state index contributed by atoms with van der Waals surface area (Å²) in [6, 6.07) is 5.29. The SMILES string of the molecule is COc1cc(OC)cc(-c2noc(CCCC(=O)O)n2)c1. The molecule has 0 spiro atoms. The van der Waals surface area contributed by atoms with E-state index in [-0.39, 0.29) is 6.42 Å². The Morgan fingerprint density at radius 3 is 2.48 bits per heavy atom. The lowest BCUT2D eigenvalue weighted by atomic mass is 10.2. The number of hydrogen-bond acceptors (Lipinski definition) is 6. The van der Waals surface area contributed by atoms with Crippen molar-refractivity contribution in [2.45, 2.75) is 19.3 Å². The molecule has 0 saturated heterocycles. The van der Waals surface area contributed by atoms with Gasteiger partial charge in [0, 0.05) is 24.5 Å². The van der Waals surface area contributed by atoms with Crippen molar-refractivity contribution in [2.24, 2.45) is 0 Å². The third-order valence-corrected chi connectivity index (χ3v) is 2.86. The van der Waals surface area contributed by atoms with Crippen LogP contribution >= 0.6 is 0 Å². The summed E-state index contributed by atoms with van der Waals surface area (Å²) in [6.45, 7) is 0. The van der Waals surface area contributed by atoms with E-state index < -0.39 is 5.97 Å². The van der Waals surface area contributed by atoms with Gasteiger partial charge in [-0.3, -0.25) is 4.79 Å². The van der Waals surface area contributed by atoms with Gasteiger partial charge in [0.1, 0.15) is 11.5 Å². The number of benzene rings is 1. The molecule has 1 aromatic heterocycles. The Labute approximate surface area is 121 Å². The van der Waals surface area contributed by atoms with E-state index in [9.17, 15) is 4.79 Å². The Hall–Kier alpha value is -2.57. The Balaban J connectivity index is 2.15. The largest absolute Gasteiger partial charge is 0.497 e. The first-order valence-corrected chi connectivity index (χ1v) is 6.40. The third-order valence-electron chi connectivity index (χ3n) is 2.86. The van der Waals surface area contributed by atoms with Gasteiger partial charge in [0.15, 0.2) is 0 Å². The molecule has 21 heavy (non-hydrogen) atoms.